The number of ketones is 3. The average Bonchev–Trinajstić information content (AvgIpc) is 3.60. The summed E-state index contributed by atoms with van der Waals surface area (Å²) in [6.45, 7) is 14.6. The van der Waals surface area contributed by atoms with E-state index in [0.717, 1.165) is 23.5 Å². The van der Waals surface area contributed by atoms with E-state index in [0.29, 0.717) is 18.4 Å². The van der Waals surface area contributed by atoms with Gasteiger partial charge in [-0.25, -0.2) is 4.79 Å². The number of ether oxygens (including phenoxy) is 2. The Morgan fingerprint density at radius 2 is 1.57 bits per heavy atom. The number of carboxylic acid groups (broad SMARTS) is 1. The molecule has 1 spiro atoms. The summed E-state index contributed by atoms with van der Waals surface area (Å²) < 4.78 is 11.4. The van der Waals surface area contributed by atoms with Gasteiger partial charge in [-0.15, -0.1) is 23.5 Å². The molecule has 14 heteroatoms. The molecular formula is C47H64N2O10S2. The Morgan fingerprint density at radius 3 is 2.16 bits per heavy atom. The van der Waals surface area contributed by atoms with Crippen LogP contribution in [0.15, 0.2) is 54.6 Å². The van der Waals surface area contributed by atoms with Crippen LogP contribution >= 0.6 is 23.5 Å². The first-order valence-electron chi connectivity index (χ1n) is 21.5. The molecule has 0 bridgehead atoms. The number of nitrogens with zero attached hydrogens (tertiary/aromatic N) is 1. The van der Waals surface area contributed by atoms with Gasteiger partial charge in [0.1, 0.15) is 0 Å². The highest BCUT2D eigenvalue weighted by atomic mass is 32.2. The lowest BCUT2D eigenvalue weighted by molar-refractivity contribution is -0.155. The fraction of sp³-hybridized carbons (Fsp3) is 0.596. The van der Waals surface area contributed by atoms with Gasteiger partial charge in [0, 0.05) is 38.1 Å². The molecule has 5 atom stereocenters. The number of aliphatic carboxylic acids is 1. The van der Waals surface area contributed by atoms with Crippen LogP contribution in [0.2, 0.25) is 0 Å². The van der Waals surface area contributed by atoms with Gasteiger partial charge in [-0.1, -0.05) is 103 Å². The van der Waals surface area contributed by atoms with Crippen LogP contribution in [0, 0.1) is 17.8 Å². The molecule has 2 aliphatic rings. The maximum Gasteiger partial charge on any atom is 0.330 e. The maximum atomic E-state index is 14.9. The quantitative estimate of drug-likeness (QED) is 0.0883. The van der Waals surface area contributed by atoms with Crippen molar-refractivity contribution < 1.29 is 48.1 Å². The highest BCUT2D eigenvalue weighted by Crippen LogP contribution is 2.51. The van der Waals surface area contributed by atoms with E-state index in [4.69, 9.17) is 9.47 Å². The molecule has 0 aromatic heterocycles. The van der Waals surface area contributed by atoms with Crippen LogP contribution in [-0.4, -0.2) is 92.0 Å². The van der Waals surface area contributed by atoms with Crippen LogP contribution in [0.1, 0.15) is 123 Å². The van der Waals surface area contributed by atoms with Gasteiger partial charge < -0.3 is 24.8 Å². The number of hydrogen-bond donors (Lipinski definition) is 2. The highest BCUT2D eigenvalue weighted by Gasteiger charge is 2.52. The molecule has 2 N–H and O–H groups in total. The van der Waals surface area contributed by atoms with Crippen molar-refractivity contribution in [1.29, 1.82) is 0 Å². The zero-order valence-corrected chi connectivity index (χ0v) is 38.4. The van der Waals surface area contributed by atoms with Gasteiger partial charge in [0.05, 0.1) is 41.8 Å². The summed E-state index contributed by atoms with van der Waals surface area (Å²) in [6, 6.07) is 14.0. The first kappa shape index (κ1) is 49.6. The summed E-state index contributed by atoms with van der Waals surface area (Å²) in [6.07, 6.45) is 0.0340. The number of likely N-dealkylation sites (tertiary alicyclic amines) is 1. The predicted octanol–water partition coefficient (Wildman–Crippen LogP) is 7.50. The SMILES string of the molecule is CCCC(CC(=O)[C@@H]1CC2(CN1C(=O)[C@@H](CC(=O)OCC(C)C)C(C)OCc1ccc(C(C)(C)C)cc1)SCCCS2)C(=O)C(=O)CCC(=O)N[C@H](C(=O)O)c1ccccc1. The minimum atomic E-state index is -1.32. The monoisotopic (exact) mass is 880 g/mol. The lowest BCUT2D eigenvalue weighted by atomic mass is 9.87. The highest BCUT2D eigenvalue weighted by molar-refractivity contribution is 8.18. The van der Waals surface area contributed by atoms with Crippen molar-refractivity contribution in [2.45, 2.75) is 134 Å². The molecule has 2 aliphatic heterocycles. The number of rotatable bonds is 22. The number of thioether (sulfide) groups is 2. The maximum absolute atomic E-state index is 14.9. The summed E-state index contributed by atoms with van der Waals surface area (Å²) in [5.41, 5.74) is 2.42. The summed E-state index contributed by atoms with van der Waals surface area (Å²) in [5, 5.41) is 12.1. The van der Waals surface area contributed by atoms with E-state index < -0.39 is 82.3 Å². The predicted molar refractivity (Wildman–Crippen MR) is 238 cm³/mol. The fourth-order valence-electron chi connectivity index (χ4n) is 7.59. The molecule has 4 rings (SSSR count). The van der Waals surface area contributed by atoms with Crippen molar-refractivity contribution in [2.75, 3.05) is 24.7 Å². The zero-order valence-electron chi connectivity index (χ0n) is 36.7. The average molecular weight is 881 g/mol. The smallest absolute Gasteiger partial charge is 0.330 e. The van der Waals surface area contributed by atoms with Crippen molar-refractivity contribution >= 4 is 64.6 Å². The third-order valence-corrected chi connectivity index (χ3v) is 14.5. The van der Waals surface area contributed by atoms with Crippen LogP contribution in [0.3, 0.4) is 0 Å². The summed E-state index contributed by atoms with van der Waals surface area (Å²) in [5.74, 6) is -4.91. The minimum absolute atomic E-state index is 0.0219. The summed E-state index contributed by atoms with van der Waals surface area (Å²) in [4.78, 5) is 95.7. The lowest BCUT2D eigenvalue weighted by Gasteiger charge is -2.33. The Bertz CT molecular complexity index is 1840. The Hall–Kier alpha value is -4.01. The van der Waals surface area contributed by atoms with Crippen molar-refractivity contribution in [3.63, 3.8) is 0 Å². The number of amides is 2. The second kappa shape index (κ2) is 22.9. The van der Waals surface area contributed by atoms with Gasteiger partial charge in [-0.2, -0.15) is 0 Å². The van der Waals surface area contributed by atoms with Gasteiger partial charge in [0.2, 0.25) is 17.6 Å². The van der Waals surface area contributed by atoms with E-state index in [2.05, 4.69) is 38.2 Å². The number of carboxylic acids is 1. The van der Waals surface area contributed by atoms with Crippen molar-refractivity contribution in [1.82, 2.24) is 10.2 Å². The molecule has 2 unspecified atom stereocenters. The van der Waals surface area contributed by atoms with Crippen molar-refractivity contribution in [2.24, 2.45) is 17.8 Å². The Kier molecular flexibility index (Phi) is 18.6. The van der Waals surface area contributed by atoms with Gasteiger partial charge in [0.15, 0.2) is 17.6 Å². The van der Waals surface area contributed by atoms with Crippen LogP contribution in [0.25, 0.3) is 0 Å². The number of esters is 1. The van der Waals surface area contributed by atoms with Crippen LogP contribution in [0.5, 0.6) is 0 Å². The van der Waals surface area contributed by atoms with E-state index >= 15 is 0 Å². The Labute approximate surface area is 369 Å². The van der Waals surface area contributed by atoms with E-state index in [1.165, 1.54) is 5.56 Å². The molecule has 2 heterocycles. The number of benzene rings is 2. The second-order valence-electron chi connectivity index (χ2n) is 17.7. The molecule has 2 aromatic rings. The fourth-order valence-corrected chi connectivity index (χ4v) is 10.9. The third kappa shape index (κ3) is 14.5. The standard InChI is InChI=1S/C47H64N2O10S2/c1-8-13-34(43(54)38(50)20-21-40(52)48-42(45(56)57)33-14-10-9-11-15-33)24-39(51)37-26-47(60-22-12-23-61-47)29-49(37)44(55)36(25-41(53)59-27-30(2)3)31(4)58-28-32-16-18-35(19-17-32)46(5,6)7/h9-11,14-19,30-31,34,36-37,42H,8,12-13,20-29H2,1-7H3,(H,48,52)(H,56,57)/t31?,34?,36-,37-,42-/m0/s1. The molecule has 61 heavy (non-hydrogen) atoms. The first-order valence-corrected chi connectivity index (χ1v) is 23.4. The van der Waals surface area contributed by atoms with Crippen LogP contribution in [0.4, 0.5) is 0 Å². The van der Waals surface area contributed by atoms with Crippen LogP contribution < -0.4 is 5.32 Å². The Morgan fingerprint density at radius 1 is 0.918 bits per heavy atom. The molecule has 0 saturated carbocycles. The number of hydrogen-bond acceptors (Lipinski definition) is 11. The molecule has 2 amide bonds. The van der Waals surface area contributed by atoms with E-state index in [9.17, 15) is 38.7 Å². The number of nitrogens with one attached hydrogen (secondary N) is 1. The normalized spacial score (nSPS) is 18.2. The topological polar surface area (TPSA) is 173 Å². The molecule has 2 fully saturated rings. The molecule has 2 saturated heterocycles. The molecule has 12 nitrogen and oxygen atoms in total. The summed E-state index contributed by atoms with van der Waals surface area (Å²) in [7, 11) is 0. The molecule has 334 valence electrons. The minimum Gasteiger partial charge on any atom is -0.479 e. The zero-order chi connectivity index (χ0) is 44.9. The van der Waals surface area contributed by atoms with E-state index in [1.54, 1.807) is 65.7 Å². The third-order valence-electron chi connectivity index (χ3n) is 11.1. The van der Waals surface area contributed by atoms with Gasteiger partial charge in [0.25, 0.3) is 0 Å². The van der Waals surface area contributed by atoms with E-state index in [1.807, 2.05) is 32.9 Å². The molecule has 0 aliphatic carbocycles. The van der Waals surface area contributed by atoms with Gasteiger partial charge in [-0.3, -0.25) is 28.8 Å². The van der Waals surface area contributed by atoms with Crippen LogP contribution in [-0.2, 0) is 55.1 Å². The lowest BCUT2D eigenvalue weighted by Crippen LogP contribution is -2.48. The van der Waals surface area contributed by atoms with Crippen molar-refractivity contribution in [3.05, 3.63) is 71.3 Å². The second-order valence-corrected chi connectivity index (χ2v) is 20.9. The van der Waals surface area contributed by atoms with Crippen molar-refractivity contribution in [3.8, 4) is 0 Å². The first-order chi connectivity index (χ1) is 28.8. The largest absolute Gasteiger partial charge is 0.479 e. The molecular weight excluding hydrogens is 817 g/mol. The molecule has 2 aromatic carbocycles. The van der Waals surface area contributed by atoms with E-state index in [-0.39, 0.29) is 56.1 Å². The van der Waals surface area contributed by atoms with Gasteiger partial charge >= 0.3 is 11.9 Å². The Balaban J connectivity index is 1.51. The number of carbonyl (C=O) groups excluding carboxylic acids is 6. The summed E-state index contributed by atoms with van der Waals surface area (Å²) >= 11 is 3.45. The number of carbonyl (C=O) groups is 7. The molecule has 0 radical (unpaired) electrons. The number of Topliss-reactive ketones (excluding diaryl/α,β-unsaturated/α-hetero) is 3. The van der Waals surface area contributed by atoms with Gasteiger partial charge in [-0.05, 0) is 59.3 Å².